The number of H-pyrrole nitrogens is 2. The summed E-state index contributed by atoms with van der Waals surface area (Å²) in [6.07, 6.45) is 6.45. The van der Waals surface area contributed by atoms with E-state index in [1.807, 2.05) is 66.8 Å². The SMILES string of the molecule is CCOC(=O)NC(=O)C(C#N)=NNc1cc(Cl)c(Oc2ccc(=O)n(Cc3ccc(F)cc3)c2)c(Cl)c1.Cc1ccc(C)n1-c1cc(Cl)c(Oc2ccc(=O)[nH]c2)c(Cl)c1.Cc1ccc(C)n1-c1cc(Cl)c(Oc2ccc(=O)n(Cc3ccc(F)cc3)c2)c(Cl)c1.N#Cc1nn(-c2cc(Cl)c(Oc3ccc(=O)n(Cc4ccc(F)cc4)c3)c(Cl)c2)c(=O)[nH]c1=O.Nc1cc(Cl)c(Oc2ccc(=O)n(Cc3ccc(F)cc3)c2)c(Cl)c1. The van der Waals surface area contributed by atoms with Crippen LogP contribution in [0.2, 0.25) is 50.2 Å². The minimum absolute atomic E-state index is 0.00260. The number of nitrogens with zero attached hydrogens (tertiary/aromatic N) is 11. The van der Waals surface area contributed by atoms with Gasteiger partial charge in [0.2, 0.25) is 17.0 Å². The Morgan fingerprint density at radius 1 is 0.407 bits per heavy atom. The summed E-state index contributed by atoms with van der Waals surface area (Å²) in [4.78, 5) is 111. The second-order valence-corrected chi connectivity index (χ2v) is 36.0. The summed E-state index contributed by atoms with van der Waals surface area (Å²) in [5, 5.41) is 29.4. The number of carbonyl (C=O) groups excluding carboxylic acids is 2. The Morgan fingerprint density at radius 3 is 1.01 bits per heavy atom. The standard InChI is InChI=1S/C24H18Cl2FN5O5.C24H19Cl2FN2O2.C22H12Cl2FN5O4.C18H13Cl2FN2O2.C17H14Cl2N2O2/c1-2-36-24(35)29-23(34)20(11-28)31-30-16-9-18(25)22(19(26)10-16)37-17-7-8-21(33)32(13-17)12-14-3-5-15(27)6-4-14;1-15-3-4-16(2)29(15)19-11-21(25)24(22(26)12-19)31-20-9-10-23(30)28(14-20)13-17-5-7-18(27)8-6-17;23-16-7-14(30-22(33)27-21(32)18(9-26)28-30)8-17(24)20(16)34-15-5-6-19(31)29(11-15)10-12-1-3-13(25)4-2-12;19-15-7-13(22)8-16(20)18(15)25-14-5-6-17(24)23(10-14)9-11-1-3-12(21)4-2-11;1-10-3-4-11(2)21(10)12-7-14(18)17(15(19)8-12)23-13-5-6-16(22)20-9-13/h3-10,13,30H,2,12H2,1H3,(H,29,34,35);3-12,14H,13H2,1-2H3;1-8,11H,10H2,(H,27,32,33);1-8,10H,9,22H2;3-9H,1-2H3,(H,20,22). The Morgan fingerprint density at radius 2 is 0.707 bits per heavy atom. The molecular weight excluding hydrogens is 2160 g/mol. The van der Waals surface area contributed by atoms with Crippen molar-refractivity contribution in [1.82, 2.24) is 52.5 Å². The summed E-state index contributed by atoms with van der Waals surface area (Å²) in [5.74, 6) is 0.273. The van der Waals surface area contributed by atoms with Gasteiger partial charge in [0.05, 0.1) is 119 Å². The first-order valence-corrected chi connectivity index (χ1v) is 47.7. The number of anilines is 2. The molecule has 150 heavy (non-hydrogen) atoms. The first-order valence-electron chi connectivity index (χ1n) is 43.9. The number of aryl methyl sites for hydroxylation is 4. The average molecular weight is 2230 g/mol. The number of benzene rings is 9. The largest absolute Gasteiger partial charge is 0.453 e. The Hall–Kier alpha value is -16.3. The van der Waals surface area contributed by atoms with E-state index in [4.69, 9.17) is 156 Å². The van der Waals surface area contributed by atoms with Crippen LogP contribution in [0.1, 0.15) is 57.6 Å². The van der Waals surface area contributed by atoms with Crippen LogP contribution in [-0.4, -0.2) is 71.5 Å². The highest BCUT2D eigenvalue weighted by atomic mass is 35.5. The van der Waals surface area contributed by atoms with E-state index in [1.165, 1.54) is 177 Å². The lowest BCUT2D eigenvalue weighted by atomic mass is 10.2. The number of imide groups is 1. The Labute approximate surface area is 897 Å². The summed E-state index contributed by atoms with van der Waals surface area (Å²) in [7, 11) is 0. The van der Waals surface area contributed by atoms with Crippen molar-refractivity contribution in [2.45, 2.75) is 60.8 Å². The van der Waals surface area contributed by atoms with Crippen molar-refractivity contribution < 1.29 is 55.6 Å². The van der Waals surface area contributed by atoms with Gasteiger partial charge in [0, 0.05) is 76.4 Å². The Balaban J connectivity index is 0.000000158. The van der Waals surface area contributed by atoms with E-state index in [1.54, 1.807) is 110 Å². The molecule has 45 heteroatoms. The Bertz CT molecular complexity index is 8370. The van der Waals surface area contributed by atoms with Gasteiger partial charge in [-0.2, -0.15) is 20.3 Å². The van der Waals surface area contributed by atoms with E-state index < -0.39 is 34.7 Å². The number of aromatic amines is 2. The van der Waals surface area contributed by atoms with Crippen LogP contribution in [0.4, 0.5) is 33.7 Å². The molecule has 31 nitrogen and oxygen atoms in total. The van der Waals surface area contributed by atoms with Crippen molar-refractivity contribution in [1.29, 1.82) is 10.5 Å². The van der Waals surface area contributed by atoms with Crippen LogP contribution in [0.5, 0.6) is 57.5 Å². The molecule has 2 amide bonds. The smallest absolute Gasteiger partial charge is 0.414 e. The van der Waals surface area contributed by atoms with Gasteiger partial charge in [-0.3, -0.25) is 49.3 Å². The van der Waals surface area contributed by atoms with Gasteiger partial charge in [-0.1, -0.05) is 165 Å². The predicted octanol–water partition coefficient (Wildman–Crippen LogP) is 24.1. The number of hydrogen-bond donors (Lipinski definition) is 5. The van der Waals surface area contributed by atoms with Gasteiger partial charge in [-0.05, 0) is 221 Å². The molecule has 0 saturated heterocycles. The van der Waals surface area contributed by atoms with Crippen molar-refractivity contribution in [3.05, 3.63) is 470 Å². The molecule has 0 unspecified atom stereocenters. The third-order valence-electron chi connectivity index (χ3n) is 21.1. The molecule has 9 aromatic carbocycles. The fraction of sp³-hybridized carbons (Fsp3) is 0.0952. The zero-order chi connectivity index (χ0) is 108. The zero-order valence-corrected chi connectivity index (χ0v) is 86.0. The maximum Gasteiger partial charge on any atom is 0.414 e. The topological polar surface area (TPSA) is 398 Å². The molecule has 0 atom stereocenters. The maximum absolute atomic E-state index is 13.2. The fourth-order valence-corrected chi connectivity index (χ4v) is 16.8. The molecule has 0 aliphatic carbocycles. The van der Waals surface area contributed by atoms with Crippen molar-refractivity contribution in [2.24, 2.45) is 5.10 Å². The molecule has 6 N–H and O–H groups in total. The van der Waals surface area contributed by atoms with Crippen LogP contribution in [0.25, 0.3) is 17.1 Å². The number of amides is 2. The summed E-state index contributed by atoms with van der Waals surface area (Å²) in [5.41, 5.74) is 13.6. The molecule has 0 aliphatic heterocycles. The van der Waals surface area contributed by atoms with Gasteiger partial charge < -0.3 is 66.5 Å². The van der Waals surface area contributed by atoms with Crippen molar-refractivity contribution in [3.8, 4) is 86.7 Å². The number of ether oxygens (including phenoxy) is 6. The van der Waals surface area contributed by atoms with Crippen molar-refractivity contribution >= 4 is 145 Å². The van der Waals surface area contributed by atoms with Gasteiger partial charge in [-0.25, -0.2) is 27.2 Å². The highest BCUT2D eigenvalue weighted by Gasteiger charge is 2.23. The molecule has 8 aromatic heterocycles. The molecule has 17 aromatic rings. The summed E-state index contributed by atoms with van der Waals surface area (Å²) in [6, 6.07) is 64.4. The number of hydrazone groups is 1. The van der Waals surface area contributed by atoms with Crippen LogP contribution >= 0.6 is 116 Å². The van der Waals surface area contributed by atoms with E-state index in [9.17, 15) is 60.7 Å². The molecule has 0 spiro atoms. The number of aromatic nitrogens is 10. The molecule has 17 rings (SSSR count). The molecule has 8 heterocycles. The van der Waals surface area contributed by atoms with Crippen LogP contribution in [0, 0.1) is 73.6 Å². The van der Waals surface area contributed by atoms with Gasteiger partial charge >= 0.3 is 11.8 Å². The highest BCUT2D eigenvalue weighted by molar-refractivity contribution is 6.47. The van der Waals surface area contributed by atoms with Gasteiger partial charge in [0.15, 0.2) is 28.7 Å². The van der Waals surface area contributed by atoms with Crippen LogP contribution in [0.15, 0.2) is 312 Å². The van der Waals surface area contributed by atoms with Gasteiger partial charge in [-0.15, -0.1) is 5.10 Å². The van der Waals surface area contributed by atoms with Gasteiger partial charge in [0.25, 0.3) is 33.7 Å². The molecule has 764 valence electrons. The van der Waals surface area contributed by atoms with Crippen LogP contribution in [0.3, 0.4) is 0 Å². The molecule has 0 aliphatic rings. The number of nitrogens with two attached hydrogens (primary N) is 1. The second kappa shape index (κ2) is 50.9. The quantitative estimate of drug-likeness (QED) is 0.0153. The number of hydrogen-bond acceptors (Lipinski definition) is 21. The molecule has 0 saturated carbocycles. The number of rotatable bonds is 25. The third kappa shape index (κ3) is 29.6. The number of nitrogen functional groups attached to an aromatic ring is 1. The lowest BCUT2D eigenvalue weighted by Gasteiger charge is -2.15. The Kier molecular flexibility index (Phi) is 37.6. The second-order valence-electron chi connectivity index (χ2n) is 31.9. The monoisotopic (exact) mass is 2230 g/mol. The fourth-order valence-electron chi connectivity index (χ4n) is 14.0. The molecule has 0 fully saturated rings. The molecule has 0 radical (unpaired) electrons. The first-order chi connectivity index (χ1) is 71.6. The number of nitrogens with one attached hydrogen (secondary N) is 4. The van der Waals surface area contributed by atoms with E-state index in [0.29, 0.717) is 65.7 Å². The van der Waals surface area contributed by atoms with Crippen molar-refractivity contribution in [2.75, 3.05) is 17.8 Å². The van der Waals surface area contributed by atoms with E-state index in [-0.39, 0.29) is 154 Å². The van der Waals surface area contributed by atoms with Crippen LogP contribution in [-0.2, 0) is 35.7 Å². The van der Waals surface area contributed by atoms with E-state index >= 15 is 0 Å². The lowest BCUT2D eigenvalue weighted by Crippen LogP contribution is -2.36. The average Bonchev–Trinajstić information content (AvgIpc) is 1.70. The summed E-state index contributed by atoms with van der Waals surface area (Å²) >= 11 is 63.1. The first kappa shape index (κ1) is 111. The summed E-state index contributed by atoms with van der Waals surface area (Å²) in [6.45, 7) is 10.5. The number of carbonyl (C=O) groups is 2. The summed E-state index contributed by atoms with van der Waals surface area (Å²) < 4.78 is 96.4. The number of alkyl carbamates (subject to hydrolysis) is 1. The number of pyridine rings is 5. The minimum Gasteiger partial charge on any atom is -0.453 e. The van der Waals surface area contributed by atoms with E-state index in [0.717, 1.165) is 50.0 Å². The normalized spacial score (nSPS) is 10.8. The third-order valence-corrected chi connectivity index (χ3v) is 23.9. The number of nitriles is 2. The molecule has 0 bridgehead atoms. The van der Waals surface area contributed by atoms with Crippen molar-refractivity contribution in [3.63, 3.8) is 0 Å². The minimum atomic E-state index is -1.07. The van der Waals surface area contributed by atoms with Crippen LogP contribution < -0.4 is 79.2 Å². The zero-order valence-electron chi connectivity index (χ0n) is 78.4. The maximum atomic E-state index is 13.2. The molecular formula is C105H76Cl10F4N16O15. The van der Waals surface area contributed by atoms with Gasteiger partial charge in [0.1, 0.15) is 64.2 Å². The lowest BCUT2D eigenvalue weighted by molar-refractivity contribution is -0.114. The highest BCUT2D eigenvalue weighted by Crippen LogP contribution is 2.44. The predicted molar refractivity (Wildman–Crippen MR) is 567 cm³/mol. The number of halogens is 14. The van der Waals surface area contributed by atoms with E-state index in [2.05, 4.69) is 29.9 Å².